The standard InChI is InChI=1S/C23H19F3N4O6S2/c1-10(31)36-7-12-8-37-20-16(19(33)30(20)17(12)21(34)35)29-18(32)13(15-9-38-22(27)28-15)6-11-4-2-3-5-14(11)23(24,25)26/h2-6,9,16,20H,7-8H2,1H3,(H2,27,28)(H,29,32)(H,34,35)/b13-6-/t16?,20-/m1/s1. The molecule has 200 valence electrons. The van der Waals surface area contributed by atoms with Crippen LogP contribution in [0.4, 0.5) is 18.3 Å². The molecule has 2 aliphatic heterocycles. The van der Waals surface area contributed by atoms with Crippen molar-refractivity contribution in [1.82, 2.24) is 15.2 Å². The molecule has 2 aliphatic rings. The van der Waals surface area contributed by atoms with Gasteiger partial charge in [-0.2, -0.15) is 13.2 Å². The van der Waals surface area contributed by atoms with Gasteiger partial charge in [0, 0.05) is 23.6 Å². The largest absolute Gasteiger partial charge is 0.477 e. The molecule has 1 fully saturated rings. The summed E-state index contributed by atoms with van der Waals surface area (Å²) in [5, 5.41) is 12.9. The summed E-state index contributed by atoms with van der Waals surface area (Å²) in [5.41, 5.74) is 4.03. The van der Waals surface area contributed by atoms with Crippen LogP contribution in [0.2, 0.25) is 0 Å². The summed E-state index contributed by atoms with van der Waals surface area (Å²) in [4.78, 5) is 54.2. The zero-order chi connectivity index (χ0) is 27.8. The molecule has 1 saturated heterocycles. The number of carboxylic acid groups (broad SMARTS) is 1. The van der Waals surface area contributed by atoms with Crippen LogP contribution in [0.15, 0.2) is 40.9 Å². The Morgan fingerprint density at radius 3 is 2.63 bits per heavy atom. The molecule has 1 aromatic carbocycles. The van der Waals surface area contributed by atoms with Crippen molar-refractivity contribution in [1.29, 1.82) is 0 Å². The number of carbonyl (C=O) groups is 4. The second-order valence-electron chi connectivity index (χ2n) is 8.11. The number of thioether (sulfide) groups is 1. The van der Waals surface area contributed by atoms with Gasteiger partial charge < -0.3 is 20.9 Å². The Bertz CT molecular complexity index is 1390. The number of halogens is 3. The number of fused-ring (bicyclic) bond motifs is 1. The molecule has 2 aromatic rings. The molecule has 2 amide bonds. The van der Waals surface area contributed by atoms with E-state index in [0.29, 0.717) is 0 Å². The third-order valence-electron chi connectivity index (χ3n) is 5.59. The third kappa shape index (κ3) is 5.38. The smallest absolute Gasteiger partial charge is 0.416 e. The van der Waals surface area contributed by atoms with Crippen molar-refractivity contribution in [3.05, 3.63) is 57.7 Å². The summed E-state index contributed by atoms with van der Waals surface area (Å²) in [6, 6.07) is 3.50. The third-order valence-corrected chi connectivity index (χ3v) is 7.61. The maximum absolute atomic E-state index is 13.6. The predicted octanol–water partition coefficient (Wildman–Crippen LogP) is 2.59. The van der Waals surface area contributed by atoms with Gasteiger partial charge in [-0.1, -0.05) is 18.2 Å². The minimum atomic E-state index is -4.69. The first-order chi connectivity index (χ1) is 17.9. The highest BCUT2D eigenvalue weighted by Crippen LogP contribution is 2.41. The number of ether oxygens (including phenoxy) is 1. The SMILES string of the molecule is CC(=O)OCC1=C(C(=O)O)N2C(=O)C(NC(=O)/C(=C\c3ccccc3C(F)(F)F)c3csc(N)n3)[C@H]2SC1. The van der Waals surface area contributed by atoms with Gasteiger partial charge in [0.1, 0.15) is 23.7 Å². The highest BCUT2D eigenvalue weighted by molar-refractivity contribution is 8.00. The number of aliphatic carboxylic acids is 1. The van der Waals surface area contributed by atoms with E-state index in [9.17, 15) is 37.5 Å². The van der Waals surface area contributed by atoms with Gasteiger partial charge in [-0.15, -0.1) is 23.1 Å². The van der Waals surface area contributed by atoms with Crippen molar-refractivity contribution >= 4 is 63.6 Å². The van der Waals surface area contributed by atoms with Crippen molar-refractivity contribution in [2.75, 3.05) is 18.1 Å². The maximum atomic E-state index is 13.6. The Morgan fingerprint density at radius 2 is 2.03 bits per heavy atom. The summed E-state index contributed by atoms with van der Waals surface area (Å²) >= 11 is 2.12. The zero-order valence-corrected chi connectivity index (χ0v) is 21.1. The van der Waals surface area contributed by atoms with Gasteiger partial charge in [-0.05, 0) is 17.7 Å². The minimum absolute atomic E-state index is 0.0108. The van der Waals surface area contributed by atoms with Crippen molar-refractivity contribution in [2.45, 2.75) is 24.5 Å². The van der Waals surface area contributed by atoms with Crippen molar-refractivity contribution in [3.8, 4) is 0 Å². The quantitative estimate of drug-likeness (QED) is 0.260. The molecule has 4 N–H and O–H groups in total. The minimum Gasteiger partial charge on any atom is -0.477 e. The Labute approximate surface area is 221 Å². The maximum Gasteiger partial charge on any atom is 0.416 e. The van der Waals surface area contributed by atoms with Crippen molar-refractivity contribution < 1.29 is 42.2 Å². The van der Waals surface area contributed by atoms with E-state index in [4.69, 9.17) is 10.5 Å². The van der Waals surface area contributed by atoms with Crippen molar-refractivity contribution in [2.24, 2.45) is 0 Å². The number of nitrogen functional groups attached to an aromatic ring is 1. The molecule has 3 heterocycles. The molecule has 10 nitrogen and oxygen atoms in total. The number of nitrogens with two attached hydrogens (primary N) is 1. The number of benzene rings is 1. The van der Waals surface area contributed by atoms with Gasteiger partial charge in [-0.25, -0.2) is 9.78 Å². The lowest BCUT2D eigenvalue weighted by molar-refractivity contribution is -0.150. The van der Waals surface area contributed by atoms with Crippen LogP contribution < -0.4 is 11.1 Å². The molecular formula is C23H19F3N4O6S2. The number of hydrogen-bond acceptors (Lipinski definition) is 9. The lowest BCUT2D eigenvalue weighted by Gasteiger charge is -2.49. The van der Waals surface area contributed by atoms with Gasteiger partial charge in [0.25, 0.3) is 11.8 Å². The summed E-state index contributed by atoms with van der Waals surface area (Å²) in [6.07, 6.45) is -3.68. The molecule has 0 radical (unpaired) electrons. The van der Waals surface area contributed by atoms with E-state index in [1.54, 1.807) is 0 Å². The lowest BCUT2D eigenvalue weighted by Crippen LogP contribution is -2.70. The Hall–Kier alpha value is -3.85. The fourth-order valence-corrected chi connectivity index (χ4v) is 5.80. The van der Waals surface area contributed by atoms with Crippen LogP contribution in [0.1, 0.15) is 23.7 Å². The number of β-lactam (4-membered cyclic amide) rings is 1. The number of carboxylic acids is 1. The lowest BCUT2D eigenvalue weighted by atomic mass is 10.00. The van der Waals surface area contributed by atoms with Crippen LogP contribution in [0, 0.1) is 0 Å². The molecule has 0 bridgehead atoms. The fourth-order valence-electron chi connectivity index (χ4n) is 3.91. The molecule has 4 rings (SSSR count). The van der Waals surface area contributed by atoms with Gasteiger partial charge in [0.15, 0.2) is 5.13 Å². The second kappa shape index (κ2) is 10.5. The number of anilines is 1. The van der Waals surface area contributed by atoms with E-state index >= 15 is 0 Å². The summed E-state index contributed by atoms with van der Waals surface area (Å²) < 4.78 is 45.5. The average molecular weight is 569 g/mol. The van der Waals surface area contributed by atoms with Crippen LogP contribution in [-0.4, -0.2) is 62.5 Å². The fraction of sp³-hybridized carbons (Fsp3) is 0.261. The number of esters is 1. The van der Waals surface area contributed by atoms with E-state index in [1.165, 1.54) is 23.6 Å². The molecule has 2 atom stereocenters. The number of carbonyl (C=O) groups excluding carboxylic acids is 3. The molecule has 15 heteroatoms. The highest BCUT2D eigenvalue weighted by Gasteiger charge is 2.54. The molecule has 0 saturated carbocycles. The number of rotatable bonds is 7. The number of nitrogens with zero attached hydrogens (tertiary/aromatic N) is 2. The molecule has 1 aromatic heterocycles. The Balaban J connectivity index is 1.63. The van der Waals surface area contributed by atoms with Crippen LogP contribution in [0.3, 0.4) is 0 Å². The van der Waals surface area contributed by atoms with Crippen molar-refractivity contribution in [3.63, 3.8) is 0 Å². The molecule has 0 spiro atoms. The van der Waals surface area contributed by atoms with Gasteiger partial charge in [0.2, 0.25) is 0 Å². The van der Waals surface area contributed by atoms with E-state index in [2.05, 4.69) is 10.3 Å². The number of hydrogen-bond donors (Lipinski definition) is 3. The predicted molar refractivity (Wildman–Crippen MR) is 132 cm³/mol. The molecule has 38 heavy (non-hydrogen) atoms. The highest BCUT2D eigenvalue weighted by atomic mass is 32.2. The number of amides is 2. The van der Waals surface area contributed by atoms with Crippen LogP contribution in [0.25, 0.3) is 11.6 Å². The topological polar surface area (TPSA) is 152 Å². The van der Waals surface area contributed by atoms with E-state index in [-0.39, 0.29) is 45.6 Å². The zero-order valence-electron chi connectivity index (χ0n) is 19.4. The monoisotopic (exact) mass is 568 g/mol. The average Bonchev–Trinajstić information content (AvgIpc) is 3.28. The number of aromatic nitrogens is 1. The molecule has 1 unspecified atom stereocenters. The molecular weight excluding hydrogens is 549 g/mol. The van der Waals surface area contributed by atoms with Crippen LogP contribution in [-0.2, 0) is 30.1 Å². The summed E-state index contributed by atoms with van der Waals surface area (Å²) in [7, 11) is 0. The first-order valence-corrected chi connectivity index (χ1v) is 12.7. The van der Waals surface area contributed by atoms with Gasteiger partial charge in [0.05, 0.1) is 16.8 Å². The first-order valence-electron chi connectivity index (χ1n) is 10.8. The first kappa shape index (κ1) is 27.2. The molecule has 0 aliphatic carbocycles. The second-order valence-corrected chi connectivity index (χ2v) is 10.1. The number of thiazole rings is 1. The van der Waals surface area contributed by atoms with E-state index in [1.807, 2.05) is 0 Å². The number of alkyl halides is 3. The Kier molecular flexibility index (Phi) is 7.51. The van der Waals surface area contributed by atoms with E-state index < -0.39 is 46.9 Å². The summed E-state index contributed by atoms with van der Waals surface area (Å²) in [5.74, 6) is -3.54. The van der Waals surface area contributed by atoms with Gasteiger partial charge >= 0.3 is 18.1 Å². The normalized spacial score (nSPS) is 19.5. The van der Waals surface area contributed by atoms with Crippen LogP contribution in [0.5, 0.6) is 0 Å². The van der Waals surface area contributed by atoms with Gasteiger partial charge in [-0.3, -0.25) is 19.3 Å². The summed E-state index contributed by atoms with van der Waals surface area (Å²) in [6.45, 7) is 0.850. The Morgan fingerprint density at radius 1 is 1.32 bits per heavy atom. The van der Waals surface area contributed by atoms with E-state index in [0.717, 1.165) is 47.1 Å². The number of nitrogens with one attached hydrogen (secondary N) is 1. The van der Waals surface area contributed by atoms with Crippen LogP contribution >= 0.6 is 23.1 Å².